The minimum Gasteiger partial charge on any atom is -0.481 e. The number of hydrogen-bond acceptors (Lipinski definition) is 3. The molecular weight excluding hydrogens is 160 g/mol. The quantitative estimate of drug-likeness (QED) is 0.260. The van der Waals surface area contributed by atoms with Crippen molar-refractivity contribution in [1.82, 2.24) is 5.32 Å². The van der Waals surface area contributed by atoms with Gasteiger partial charge in [-0.1, -0.05) is 0 Å². The molecular formula is C6H14N4O2. The average Bonchev–Trinajstić information content (AvgIpc) is 1.84. The van der Waals surface area contributed by atoms with E-state index in [1.54, 1.807) is 0 Å². The Balaban J connectivity index is 3.85. The Hall–Kier alpha value is -1.30. The zero-order valence-electron chi connectivity index (χ0n) is 6.71. The van der Waals surface area contributed by atoms with Gasteiger partial charge in [-0.3, -0.25) is 10.2 Å². The van der Waals surface area contributed by atoms with Crippen LogP contribution in [0, 0.1) is 5.41 Å². The van der Waals surface area contributed by atoms with Gasteiger partial charge in [-0.05, 0) is 13.0 Å². The lowest BCUT2D eigenvalue weighted by molar-refractivity contribution is -0.137. The predicted molar refractivity (Wildman–Crippen MR) is 44.8 cm³/mol. The van der Waals surface area contributed by atoms with Crippen LogP contribution in [0.25, 0.3) is 0 Å². The Morgan fingerprint density at radius 3 is 2.58 bits per heavy atom. The molecule has 0 bridgehead atoms. The Morgan fingerprint density at radius 2 is 2.25 bits per heavy atom. The van der Waals surface area contributed by atoms with E-state index in [4.69, 9.17) is 22.0 Å². The van der Waals surface area contributed by atoms with Crippen molar-refractivity contribution in [2.24, 2.45) is 11.5 Å². The van der Waals surface area contributed by atoms with Crippen LogP contribution in [0.15, 0.2) is 0 Å². The highest BCUT2D eigenvalue weighted by atomic mass is 16.4. The van der Waals surface area contributed by atoms with Gasteiger partial charge in [-0.15, -0.1) is 0 Å². The molecule has 70 valence electrons. The van der Waals surface area contributed by atoms with Gasteiger partial charge in [0.05, 0.1) is 6.42 Å². The largest absolute Gasteiger partial charge is 0.481 e. The van der Waals surface area contributed by atoms with Gasteiger partial charge in [-0.25, -0.2) is 0 Å². The molecule has 0 aromatic rings. The summed E-state index contributed by atoms with van der Waals surface area (Å²) in [5.41, 5.74) is 10.3. The molecule has 1 atom stereocenters. The third kappa shape index (κ3) is 5.48. The van der Waals surface area contributed by atoms with E-state index >= 15 is 0 Å². The first-order valence-electron chi connectivity index (χ1n) is 3.58. The maximum absolute atomic E-state index is 10.3. The number of guanidine groups is 1. The van der Waals surface area contributed by atoms with Crippen molar-refractivity contribution in [1.29, 1.82) is 5.41 Å². The molecule has 0 spiro atoms. The molecule has 1 unspecified atom stereocenters. The molecule has 12 heavy (non-hydrogen) atoms. The van der Waals surface area contributed by atoms with Crippen molar-refractivity contribution in [2.75, 3.05) is 6.54 Å². The van der Waals surface area contributed by atoms with Crippen LogP contribution in [0.5, 0.6) is 0 Å². The average molecular weight is 174 g/mol. The van der Waals surface area contributed by atoms with Crippen molar-refractivity contribution >= 4 is 11.9 Å². The highest BCUT2D eigenvalue weighted by molar-refractivity contribution is 5.76. The molecule has 0 radical (unpaired) electrons. The van der Waals surface area contributed by atoms with Crippen molar-refractivity contribution in [3.63, 3.8) is 0 Å². The Labute approximate surface area is 70.4 Å². The second-order valence-electron chi connectivity index (χ2n) is 2.43. The van der Waals surface area contributed by atoms with Crippen LogP contribution in [0.3, 0.4) is 0 Å². The summed E-state index contributed by atoms with van der Waals surface area (Å²) in [7, 11) is 0. The van der Waals surface area contributed by atoms with Crippen LogP contribution in [-0.4, -0.2) is 29.6 Å². The molecule has 7 N–H and O–H groups in total. The predicted octanol–water partition coefficient (Wildman–Crippen LogP) is -1.34. The van der Waals surface area contributed by atoms with Gasteiger partial charge in [-0.2, -0.15) is 0 Å². The molecule has 0 aromatic heterocycles. The van der Waals surface area contributed by atoms with Gasteiger partial charge >= 0.3 is 5.97 Å². The molecule has 0 saturated heterocycles. The maximum Gasteiger partial charge on any atom is 0.305 e. The Kier molecular flexibility index (Phi) is 4.78. The van der Waals surface area contributed by atoms with Crippen LogP contribution >= 0.6 is 0 Å². The minimum absolute atomic E-state index is 0.0726. The van der Waals surface area contributed by atoms with E-state index in [9.17, 15) is 4.79 Å². The standard InChI is InChI=1S/C6H14N4O2/c7-2-1-4(3-5(11)12)10-6(8)9/h4H,1-3,7H2,(H,11,12)(H4,8,9,10). The normalized spacial score (nSPS) is 12.1. The van der Waals surface area contributed by atoms with E-state index in [1.165, 1.54) is 0 Å². The molecule has 0 aliphatic carbocycles. The molecule has 0 amide bonds. The van der Waals surface area contributed by atoms with Crippen LogP contribution in [-0.2, 0) is 4.79 Å². The lowest BCUT2D eigenvalue weighted by Crippen LogP contribution is -2.41. The first-order valence-corrected chi connectivity index (χ1v) is 3.58. The van der Waals surface area contributed by atoms with E-state index in [0.29, 0.717) is 13.0 Å². The third-order valence-corrected chi connectivity index (χ3v) is 1.30. The van der Waals surface area contributed by atoms with Crippen molar-refractivity contribution in [3.05, 3.63) is 0 Å². The van der Waals surface area contributed by atoms with E-state index in [0.717, 1.165) is 0 Å². The second-order valence-corrected chi connectivity index (χ2v) is 2.43. The highest BCUT2D eigenvalue weighted by Crippen LogP contribution is 1.95. The number of carbonyl (C=O) groups is 1. The van der Waals surface area contributed by atoms with Gasteiger partial charge in [0.25, 0.3) is 0 Å². The summed E-state index contributed by atoms with van der Waals surface area (Å²) >= 11 is 0. The second kappa shape index (κ2) is 5.36. The van der Waals surface area contributed by atoms with Gasteiger partial charge in [0.15, 0.2) is 5.96 Å². The third-order valence-electron chi connectivity index (χ3n) is 1.30. The van der Waals surface area contributed by atoms with E-state index < -0.39 is 5.97 Å². The van der Waals surface area contributed by atoms with Crippen molar-refractivity contribution in [2.45, 2.75) is 18.9 Å². The zero-order chi connectivity index (χ0) is 9.56. The first kappa shape index (κ1) is 10.7. The minimum atomic E-state index is -0.929. The number of rotatable bonds is 5. The number of hydrogen-bond donors (Lipinski definition) is 5. The summed E-state index contributed by atoms with van der Waals surface area (Å²) in [4.78, 5) is 10.3. The van der Waals surface area contributed by atoms with E-state index in [1.807, 2.05) is 0 Å². The lowest BCUT2D eigenvalue weighted by Gasteiger charge is -2.15. The lowest BCUT2D eigenvalue weighted by atomic mass is 10.1. The fraction of sp³-hybridized carbons (Fsp3) is 0.667. The monoisotopic (exact) mass is 174 g/mol. The molecule has 0 heterocycles. The van der Waals surface area contributed by atoms with Gasteiger partial charge in [0.2, 0.25) is 0 Å². The highest BCUT2D eigenvalue weighted by Gasteiger charge is 2.11. The molecule has 0 rings (SSSR count). The molecule has 0 saturated carbocycles. The van der Waals surface area contributed by atoms with Gasteiger partial charge in [0, 0.05) is 6.04 Å². The Bertz CT molecular complexity index is 155. The topological polar surface area (TPSA) is 125 Å². The zero-order valence-corrected chi connectivity index (χ0v) is 6.71. The van der Waals surface area contributed by atoms with Gasteiger partial charge in [0.1, 0.15) is 0 Å². The molecule has 0 aliphatic rings. The molecule has 0 aromatic carbocycles. The number of nitrogens with two attached hydrogens (primary N) is 2. The summed E-state index contributed by atoms with van der Waals surface area (Å²) < 4.78 is 0. The van der Waals surface area contributed by atoms with Crippen LogP contribution in [0.2, 0.25) is 0 Å². The number of carboxylic acids is 1. The first-order chi connectivity index (χ1) is 5.56. The van der Waals surface area contributed by atoms with E-state index in [2.05, 4.69) is 5.32 Å². The Morgan fingerprint density at radius 1 is 1.67 bits per heavy atom. The number of aliphatic carboxylic acids is 1. The SMILES string of the molecule is N=C(N)NC(CCN)CC(=O)O. The molecule has 6 heteroatoms. The molecule has 6 nitrogen and oxygen atoms in total. The summed E-state index contributed by atoms with van der Waals surface area (Å²) in [6, 6.07) is -0.343. The maximum atomic E-state index is 10.3. The van der Waals surface area contributed by atoms with Crippen LogP contribution < -0.4 is 16.8 Å². The van der Waals surface area contributed by atoms with Crippen molar-refractivity contribution in [3.8, 4) is 0 Å². The summed E-state index contributed by atoms with van der Waals surface area (Å²) in [6.45, 7) is 0.373. The summed E-state index contributed by atoms with van der Waals surface area (Å²) in [5, 5.41) is 17.8. The number of carboxylic acid groups (broad SMARTS) is 1. The number of nitrogens with one attached hydrogen (secondary N) is 2. The van der Waals surface area contributed by atoms with Crippen LogP contribution in [0.1, 0.15) is 12.8 Å². The van der Waals surface area contributed by atoms with Crippen LogP contribution in [0.4, 0.5) is 0 Å². The summed E-state index contributed by atoms with van der Waals surface area (Å²) in [6.07, 6.45) is 0.419. The van der Waals surface area contributed by atoms with E-state index in [-0.39, 0.29) is 18.4 Å². The fourth-order valence-corrected chi connectivity index (χ4v) is 0.857. The summed E-state index contributed by atoms with van der Waals surface area (Å²) in [5.74, 6) is -1.16. The smallest absolute Gasteiger partial charge is 0.305 e. The molecule has 0 aliphatic heterocycles. The van der Waals surface area contributed by atoms with Crippen molar-refractivity contribution < 1.29 is 9.90 Å². The fourth-order valence-electron chi connectivity index (χ4n) is 0.857. The molecule has 0 fully saturated rings. The van der Waals surface area contributed by atoms with Gasteiger partial charge < -0.3 is 21.9 Å².